The number of nitrogens with zero attached hydrogens (tertiary/aromatic N) is 3. The molecule has 1 aromatic heterocycles. The summed E-state index contributed by atoms with van der Waals surface area (Å²) in [6.45, 7) is 0.0679. The third-order valence-corrected chi connectivity index (χ3v) is 4.10. The summed E-state index contributed by atoms with van der Waals surface area (Å²) >= 11 is 11.4. The summed E-state index contributed by atoms with van der Waals surface area (Å²) in [5.74, 6) is -0.762. The molecule has 0 N–H and O–H groups in total. The standard InChI is InChI=1S/C14H9Cl2N3O3/c15-10-7-17-19(14(22)11(10)16)6-5-18-12(20)8-3-1-2-4-9(8)13(18)21/h1-4,7H,5-6H2. The van der Waals surface area contributed by atoms with E-state index < -0.39 is 5.56 Å². The quantitative estimate of drug-likeness (QED) is 0.801. The van der Waals surface area contributed by atoms with Crippen LogP contribution in [0.3, 0.4) is 0 Å². The van der Waals surface area contributed by atoms with Gasteiger partial charge < -0.3 is 0 Å². The molecule has 0 fully saturated rings. The number of halogens is 2. The van der Waals surface area contributed by atoms with E-state index in [1.165, 1.54) is 6.20 Å². The van der Waals surface area contributed by atoms with Crippen LogP contribution in [0.1, 0.15) is 20.7 Å². The third kappa shape index (κ3) is 2.30. The minimum atomic E-state index is -0.564. The Morgan fingerprint density at radius 1 is 0.955 bits per heavy atom. The lowest BCUT2D eigenvalue weighted by Gasteiger charge is -2.14. The predicted octanol–water partition coefficient (Wildman–Crippen LogP) is 1.85. The topological polar surface area (TPSA) is 72.3 Å². The Balaban J connectivity index is 1.82. The normalized spacial score (nSPS) is 13.6. The van der Waals surface area contributed by atoms with Gasteiger partial charge in [0.1, 0.15) is 5.02 Å². The molecule has 22 heavy (non-hydrogen) atoms. The Kier molecular flexibility index (Phi) is 3.72. The predicted molar refractivity (Wildman–Crippen MR) is 80.3 cm³/mol. The van der Waals surface area contributed by atoms with Crippen molar-refractivity contribution < 1.29 is 9.59 Å². The fourth-order valence-electron chi connectivity index (χ4n) is 2.24. The maximum absolute atomic E-state index is 12.2. The molecular formula is C14H9Cl2N3O3. The second-order valence-corrected chi connectivity index (χ2v) is 5.43. The van der Waals surface area contributed by atoms with Gasteiger partial charge in [0, 0.05) is 6.54 Å². The van der Waals surface area contributed by atoms with Crippen molar-refractivity contribution in [3.63, 3.8) is 0 Å². The molecule has 0 spiro atoms. The number of fused-ring (bicyclic) bond motifs is 1. The Morgan fingerprint density at radius 3 is 2.14 bits per heavy atom. The molecule has 0 bridgehead atoms. The maximum Gasteiger partial charge on any atom is 0.287 e. The highest BCUT2D eigenvalue weighted by Crippen LogP contribution is 2.22. The van der Waals surface area contributed by atoms with Gasteiger partial charge in [-0.1, -0.05) is 35.3 Å². The molecule has 0 atom stereocenters. The fraction of sp³-hybridized carbons (Fsp3) is 0.143. The molecular weight excluding hydrogens is 329 g/mol. The molecule has 6 nitrogen and oxygen atoms in total. The second kappa shape index (κ2) is 5.55. The Morgan fingerprint density at radius 2 is 1.55 bits per heavy atom. The lowest BCUT2D eigenvalue weighted by atomic mass is 10.1. The average Bonchev–Trinajstić information content (AvgIpc) is 2.77. The number of carbonyl (C=O) groups is 2. The average molecular weight is 338 g/mol. The zero-order valence-corrected chi connectivity index (χ0v) is 12.6. The van der Waals surface area contributed by atoms with Crippen LogP contribution < -0.4 is 5.56 Å². The van der Waals surface area contributed by atoms with E-state index in [1.807, 2.05) is 0 Å². The Labute approximate surface area is 134 Å². The minimum Gasteiger partial charge on any atom is -0.272 e. The van der Waals surface area contributed by atoms with Crippen molar-refractivity contribution in [3.8, 4) is 0 Å². The number of hydrogen-bond donors (Lipinski definition) is 0. The number of imide groups is 1. The van der Waals surface area contributed by atoms with Crippen LogP contribution >= 0.6 is 23.2 Å². The van der Waals surface area contributed by atoms with Gasteiger partial charge in [0.05, 0.1) is 28.9 Å². The van der Waals surface area contributed by atoms with Crippen molar-refractivity contribution in [2.75, 3.05) is 6.54 Å². The van der Waals surface area contributed by atoms with Crippen molar-refractivity contribution in [2.45, 2.75) is 6.54 Å². The van der Waals surface area contributed by atoms with E-state index in [2.05, 4.69) is 5.10 Å². The van der Waals surface area contributed by atoms with Crippen LogP contribution in [0, 0.1) is 0 Å². The molecule has 1 aliphatic rings. The van der Waals surface area contributed by atoms with Crippen molar-refractivity contribution in [2.24, 2.45) is 0 Å². The first-order valence-electron chi connectivity index (χ1n) is 6.37. The molecule has 0 saturated carbocycles. The SMILES string of the molecule is O=C1c2ccccc2C(=O)N1CCn1ncc(Cl)c(Cl)c1=O. The van der Waals surface area contributed by atoms with Gasteiger partial charge in [-0.3, -0.25) is 19.3 Å². The molecule has 0 aliphatic carbocycles. The molecule has 1 aliphatic heterocycles. The van der Waals surface area contributed by atoms with Gasteiger partial charge in [0.25, 0.3) is 17.4 Å². The first-order chi connectivity index (χ1) is 10.5. The van der Waals surface area contributed by atoms with Crippen molar-refractivity contribution in [1.82, 2.24) is 14.7 Å². The summed E-state index contributed by atoms with van der Waals surface area (Å²) in [5, 5.41) is 3.76. The molecule has 112 valence electrons. The van der Waals surface area contributed by atoms with Crippen LogP contribution in [0.15, 0.2) is 35.3 Å². The highest BCUT2D eigenvalue weighted by molar-refractivity contribution is 6.41. The minimum absolute atomic E-state index is 0.0250. The molecule has 3 rings (SSSR count). The lowest BCUT2D eigenvalue weighted by Crippen LogP contribution is -2.35. The third-order valence-electron chi connectivity index (χ3n) is 3.36. The first-order valence-corrected chi connectivity index (χ1v) is 7.12. The number of hydrogen-bond acceptors (Lipinski definition) is 4. The number of amides is 2. The van der Waals surface area contributed by atoms with Gasteiger partial charge in [-0.15, -0.1) is 0 Å². The van der Waals surface area contributed by atoms with Gasteiger partial charge in [-0.2, -0.15) is 5.10 Å². The van der Waals surface area contributed by atoms with Gasteiger partial charge >= 0.3 is 0 Å². The molecule has 1 aromatic carbocycles. The van der Waals surface area contributed by atoms with Gasteiger partial charge in [0.15, 0.2) is 0 Å². The highest BCUT2D eigenvalue weighted by Gasteiger charge is 2.34. The molecule has 0 saturated heterocycles. The van der Waals surface area contributed by atoms with E-state index in [1.54, 1.807) is 24.3 Å². The molecule has 8 heteroatoms. The molecule has 2 amide bonds. The van der Waals surface area contributed by atoms with Crippen LogP contribution in [0.5, 0.6) is 0 Å². The van der Waals surface area contributed by atoms with Crippen LogP contribution in [0.2, 0.25) is 10.0 Å². The van der Waals surface area contributed by atoms with E-state index in [9.17, 15) is 14.4 Å². The number of aromatic nitrogens is 2. The summed E-state index contributed by atoms with van der Waals surface area (Å²) in [7, 11) is 0. The second-order valence-electron chi connectivity index (χ2n) is 4.64. The first kappa shape index (κ1) is 14.7. The van der Waals surface area contributed by atoms with E-state index in [-0.39, 0.29) is 34.9 Å². The van der Waals surface area contributed by atoms with Crippen molar-refractivity contribution >= 4 is 35.0 Å². The largest absolute Gasteiger partial charge is 0.287 e. The van der Waals surface area contributed by atoms with Crippen LogP contribution in [-0.4, -0.2) is 33.0 Å². The summed E-state index contributed by atoms with van der Waals surface area (Å²) in [4.78, 5) is 37.3. The Bertz CT molecular complexity index is 812. The monoisotopic (exact) mass is 337 g/mol. The van der Waals surface area contributed by atoms with Crippen LogP contribution in [0.4, 0.5) is 0 Å². The zero-order valence-electron chi connectivity index (χ0n) is 11.1. The van der Waals surface area contributed by atoms with E-state index in [4.69, 9.17) is 23.2 Å². The Hall–Kier alpha value is -2.18. The van der Waals surface area contributed by atoms with Gasteiger partial charge in [-0.25, -0.2) is 4.68 Å². The van der Waals surface area contributed by atoms with Gasteiger partial charge in [-0.05, 0) is 12.1 Å². The van der Waals surface area contributed by atoms with Crippen LogP contribution in [-0.2, 0) is 6.54 Å². The smallest absolute Gasteiger partial charge is 0.272 e. The van der Waals surface area contributed by atoms with Crippen LogP contribution in [0.25, 0.3) is 0 Å². The van der Waals surface area contributed by atoms with E-state index in [0.717, 1.165) is 9.58 Å². The number of benzene rings is 1. The molecule has 0 unspecified atom stereocenters. The van der Waals surface area contributed by atoms with Crippen molar-refractivity contribution in [3.05, 3.63) is 62.0 Å². The fourth-order valence-corrected chi connectivity index (χ4v) is 2.51. The summed E-state index contributed by atoms with van der Waals surface area (Å²) < 4.78 is 1.07. The van der Waals surface area contributed by atoms with Gasteiger partial charge in [0.2, 0.25) is 0 Å². The van der Waals surface area contributed by atoms with E-state index >= 15 is 0 Å². The van der Waals surface area contributed by atoms with Crippen molar-refractivity contribution in [1.29, 1.82) is 0 Å². The molecule has 2 aromatic rings. The number of carbonyl (C=O) groups excluding carboxylic acids is 2. The molecule has 2 heterocycles. The number of rotatable bonds is 3. The highest BCUT2D eigenvalue weighted by atomic mass is 35.5. The summed E-state index contributed by atoms with van der Waals surface area (Å²) in [6, 6.07) is 6.58. The van der Waals surface area contributed by atoms with E-state index in [0.29, 0.717) is 11.1 Å². The molecule has 0 radical (unpaired) electrons. The summed E-state index contributed by atoms with van der Waals surface area (Å²) in [5.41, 5.74) is 0.162. The lowest BCUT2D eigenvalue weighted by molar-refractivity contribution is 0.0647. The summed E-state index contributed by atoms with van der Waals surface area (Å²) in [6.07, 6.45) is 1.24. The maximum atomic E-state index is 12.2. The zero-order chi connectivity index (χ0) is 15.9.